The van der Waals surface area contributed by atoms with Gasteiger partial charge in [-0.05, 0) is 19.8 Å². The lowest BCUT2D eigenvalue weighted by Gasteiger charge is -2.11. The summed E-state index contributed by atoms with van der Waals surface area (Å²) >= 11 is 11.7. The number of carbonyl (C=O) groups excluding carboxylic acids is 1. The minimum Gasteiger partial charge on any atom is -0.356 e. The Bertz CT molecular complexity index is 218. The standard InChI is InChI=1S/C9H15Cl2NO/c1-3-4-5-12-7(13)8(2)6-9(8,10)11/h3-6H2,1-2H3,(H,12,13)/t8-/m1/s1. The minimum atomic E-state index is -0.844. The largest absolute Gasteiger partial charge is 0.356 e. The lowest BCUT2D eigenvalue weighted by Crippen LogP contribution is -2.33. The Labute approximate surface area is 89.0 Å². The van der Waals surface area contributed by atoms with Crippen LogP contribution in [0.3, 0.4) is 0 Å². The Morgan fingerprint density at radius 3 is 2.46 bits per heavy atom. The molecule has 0 heterocycles. The van der Waals surface area contributed by atoms with Gasteiger partial charge in [0.25, 0.3) is 0 Å². The van der Waals surface area contributed by atoms with Crippen molar-refractivity contribution in [1.29, 1.82) is 0 Å². The molecule has 0 saturated heterocycles. The maximum absolute atomic E-state index is 11.5. The lowest BCUT2D eigenvalue weighted by molar-refractivity contribution is -0.125. The molecule has 1 fully saturated rings. The molecule has 1 saturated carbocycles. The zero-order chi connectivity index (χ0) is 10.1. The molecular weight excluding hydrogens is 209 g/mol. The van der Waals surface area contributed by atoms with Crippen LogP contribution in [0.1, 0.15) is 33.1 Å². The van der Waals surface area contributed by atoms with Crippen molar-refractivity contribution in [3.63, 3.8) is 0 Å². The zero-order valence-electron chi connectivity index (χ0n) is 7.99. The number of unbranched alkanes of at least 4 members (excludes halogenated alkanes) is 1. The van der Waals surface area contributed by atoms with Gasteiger partial charge in [0, 0.05) is 6.54 Å². The summed E-state index contributed by atoms with van der Waals surface area (Å²) in [5.41, 5.74) is -0.566. The van der Waals surface area contributed by atoms with Crippen LogP contribution in [0.25, 0.3) is 0 Å². The second-order valence-electron chi connectivity index (χ2n) is 3.82. The van der Waals surface area contributed by atoms with Crippen molar-refractivity contribution in [3.8, 4) is 0 Å². The highest BCUT2D eigenvalue weighted by molar-refractivity contribution is 6.53. The number of carbonyl (C=O) groups is 1. The number of hydrogen-bond acceptors (Lipinski definition) is 1. The smallest absolute Gasteiger partial charge is 0.229 e. The van der Waals surface area contributed by atoms with Gasteiger partial charge in [0.15, 0.2) is 0 Å². The van der Waals surface area contributed by atoms with Crippen LogP contribution >= 0.6 is 23.2 Å². The van der Waals surface area contributed by atoms with E-state index in [4.69, 9.17) is 23.2 Å². The third-order valence-electron chi connectivity index (χ3n) is 2.57. The molecule has 0 bridgehead atoms. The maximum atomic E-state index is 11.5. The molecule has 0 aliphatic heterocycles. The van der Waals surface area contributed by atoms with Gasteiger partial charge in [-0.15, -0.1) is 23.2 Å². The van der Waals surface area contributed by atoms with E-state index in [0.717, 1.165) is 19.4 Å². The summed E-state index contributed by atoms with van der Waals surface area (Å²) in [6.45, 7) is 4.60. The van der Waals surface area contributed by atoms with Gasteiger partial charge in [0.2, 0.25) is 5.91 Å². The molecule has 0 unspecified atom stereocenters. The molecule has 2 nitrogen and oxygen atoms in total. The predicted molar refractivity (Wildman–Crippen MR) is 55.1 cm³/mol. The fourth-order valence-electron chi connectivity index (χ4n) is 1.22. The van der Waals surface area contributed by atoms with Crippen LogP contribution in [0.2, 0.25) is 0 Å². The van der Waals surface area contributed by atoms with Gasteiger partial charge in [-0.25, -0.2) is 0 Å². The maximum Gasteiger partial charge on any atom is 0.229 e. The molecule has 4 heteroatoms. The van der Waals surface area contributed by atoms with Gasteiger partial charge >= 0.3 is 0 Å². The molecule has 76 valence electrons. The Hall–Kier alpha value is 0.0500. The number of rotatable bonds is 4. The summed E-state index contributed by atoms with van der Waals surface area (Å²) in [5, 5.41) is 2.83. The molecule has 0 aromatic carbocycles. The van der Waals surface area contributed by atoms with Crippen molar-refractivity contribution in [2.24, 2.45) is 5.41 Å². The molecule has 1 N–H and O–H groups in total. The molecular formula is C9H15Cl2NO. The van der Waals surface area contributed by atoms with Crippen LogP contribution in [0.15, 0.2) is 0 Å². The summed E-state index contributed by atoms with van der Waals surface area (Å²) < 4.78 is -0.844. The number of nitrogens with one attached hydrogen (secondary N) is 1. The van der Waals surface area contributed by atoms with E-state index in [1.807, 2.05) is 0 Å². The minimum absolute atomic E-state index is 0.0223. The lowest BCUT2D eigenvalue weighted by atomic mass is 10.1. The molecule has 1 rings (SSSR count). The van der Waals surface area contributed by atoms with Crippen LogP contribution in [-0.4, -0.2) is 16.8 Å². The Balaban J connectivity index is 2.34. The molecule has 0 aromatic heterocycles. The number of halogens is 2. The first-order valence-electron chi connectivity index (χ1n) is 4.60. The van der Waals surface area contributed by atoms with E-state index in [1.54, 1.807) is 6.92 Å². The average Bonchev–Trinajstić information content (AvgIpc) is 2.53. The van der Waals surface area contributed by atoms with Gasteiger partial charge < -0.3 is 5.32 Å². The number of amides is 1. The molecule has 0 spiro atoms. The summed E-state index contributed by atoms with van der Waals surface area (Å²) in [5.74, 6) is -0.0223. The fraction of sp³-hybridized carbons (Fsp3) is 0.889. The van der Waals surface area contributed by atoms with Crippen molar-refractivity contribution >= 4 is 29.1 Å². The Morgan fingerprint density at radius 2 is 2.08 bits per heavy atom. The summed E-state index contributed by atoms with van der Waals surface area (Å²) in [6, 6.07) is 0. The molecule has 1 aliphatic rings. The van der Waals surface area contributed by atoms with E-state index in [-0.39, 0.29) is 5.91 Å². The molecule has 1 aliphatic carbocycles. The Kier molecular flexibility index (Phi) is 3.13. The van der Waals surface area contributed by atoms with Gasteiger partial charge in [0.05, 0.1) is 5.41 Å². The summed E-state index contributed by atoms with van der Waals surface area (Å²) in [4.78, 5) is 11.5. The summed E-state index contributed by atoms with van der Waals surface area (Å²) in [6.07, 6.45) is 2.63. The Morgan fingerprint density at radius 1 is 1.54 bits per heavy atom. The second kappa shape index (κ2) is 3.66. The highest BCUT2D eigenvalue weighted by Crippen LogP contribution is 2.63. The predicted octanol–water partition coefficient (Wildman–Crippen LogP) is 2.49. The monoisotopic (exact) mass is 223 g/mol. The normalized spacial score (nSPS) is 29.8. The first-order chi connectivity index (χ1) is 5.94. The quantitative estimate of drug-likeness (QED) is 0.576. The van der Waals surface area contributed by atoms with Crippen LogP contribution in [0.4, 0.5) is 0 Å². The molecule has 1 atom stereocenters. The van der Waals surface area contributed by atoms with Gasteiger partial charge in [-0.2, -0.15) is 0 Å². The van der Waals surface area contributed by atoms with Crippen molar-refractivity contribution < 1.29 is 4.79 Å². The summed E-state index contributed by atoms with van der Waals surface area (Å²) in [7, 11) is 0. The zero-order valence-corrected chi connectivity index (χ0v) is 9.50. The second-order valence-corrected chi connectivity index (χ2v) is 5.31. The van der Waals surface area contributed by atoms with Crippen molar-refractivity contribution in [2.45, 2.75) is 37.4 Å². The average molecular weight is 224 g/mol. The van der Waals surface area contributed by atoms with E-state index in [0.29, 0.717) is 6.42 Å². The highest BCUT2D eigenvalue weighted by atomic mass is 35.5. The molecule has 1 amide bonds. The van der Waals surface area contributed by atoms with E-state index in [2.05, 4.69) is 12.2 Å². The molecule has 13 heavy (non-hydrogen) atoms. The first kappa shape index (κ1) is 11.1. The highest BCUT2D eigenvalue weighted by Gasteiger charge is 2.67. The fourth-order valence-corrected chi connectivity index (χ4v) is 1.93. The van der Waals surface area contributed by atoms with Crippen LogP contribution in [0, 0.1) is 5.41 Å². The van der Waals surface area contributed by atoms with E-state index < -0.39 is 9.75 Å². The van der Waals surface area contributed by atoms with Crippen LogP contribution in [0.5, 0.6) is 0 Å². The van der Waals surface area contributed by atoms with Crippen molar-refractivity contribution in [3.05, 3.63) is 0 Å². The van der Waals surface area contributed by atoms with E-state index in [1.165, 1.54) is 0 Å². The van der Waals surface area contributed by atoms with Crippen LogP contribution in [-0.2, 0) is 4.79 Å². The number of hydrogen-bond donors (Lipinski definition) is 1. The van der Waals surface area contributed by atoms with Crippen molar-refractivity contribution in [1.82, 2.24) is 5.32 Å². The molecule has 0 radical (unpaired) electrons. The first-order valence-corrected chi connectivity index (χ1v) is 5.36. The van der Waals surface area contributed by atoms with Crippen LogP contribution < -0.4 is 5.32 Å². The SMILES string of the molecule is CCCCNC(=O)[C@@]1(C)CC1(Cl)Cl. The van der Waals surface area contributed by atoms with E-state index >= 15 is 0 Å². The third kappa shape index (κ3) is 2.10. The third-order valence-corrected chi connectivity index (χ3v) is 3.68. The van der Waals surface area contributed by atoms with Gasteiger partial charge in [0.1, 0.15) is 4.33 Å². The van der Waals surface area contributed by atoms with Gasteiger partial charge in [-0.1, -0.05) is 13.3 Å². The van der Waals surface area contributed by atoms with Gasteiger partial charge in [-0.3, -0.25) is 4.79 Å². The van der Waals surface area contributed by atoms with E-state index in [9.17, 15) is 4.79 Å². The molecule has 0 aromatic rings. The van der Waals surface area contributed by atoms with Crippen molar-refractivity contribution in [2.75, 3.05) is 6.54 Å². The topological polar surface area (TPSA) is 29.1 Å². The number of alkyl halides is 2.